The number of halogens is 3. The van der Waals surface area contributed by atoms with E-state index in [1.807, 2.05) is 0 Å². The molecular formula is C10H5Br2FO4. The van der Waals surface area contributed by atoms with Crippen molar-refractivity contribution in [1.82, 2.24) is 0 Å². The van der Waals surface area contributed by atoms with Crippen molar-refractivity contribution in [2.24, 2.45) is 0 Å². The Kier molecular flexibility index (Phi) is 3.13. The molecule has 0 aliphatic heterocycles. The molecule has 2 aromatic rings. The first-order valence-corrected chi connectivity index (χ1v) is 5.99. The summed E-state index contributed by atoms with van der Waals surface area (Å²) in [4.78, 5) is 14.5. The van der Waals surface area contributed by atoms with Gasteiger partial charge in [0.05, 0.1) is 14.3 Å². The van der Waals surface area contributed by atoms with Gasteiger partial charge >= 0.3 is 5.97 Å². The Hall–Kier alpha value is -1.08. The highest BCUT2D eigenvalue weighted by molar-refractivity contribution is 9.11. The molecule has 1 aromatic heterocycles. The van der Waals surface area contributed by atoms with E-state index in [0.717, 1.165) is 0 Å². The molecule has 0 aliphatic carbocycles. The number of benzene rings is 1. The van der Waals surface area contributed by atoms with E-state index >= 15 is 0 Å². The van der Waals surface area contributed by atoms with Crippen molar-refractivity contribution >= 4 is 48.8 Å². The Balaban J connectivity index is 2.94. The third-order valence-electron chi connectivity index (χ3n) is 2.29. The topological polar surface area (TPSA) is 59.7 Å². The van der Waals surface area contributed by atoms with Gasteiger partial charge in [-0.25, -0.2) is 9.74 Å². The van der Waals surface area contributed by atoms with Crippen LogP contribution < -0.4 is 0 Å². The summed E-state index contributed by atoms with van der Waals surface area (Å²) in [6.07, 6.45) is 0. The monoisotopic (exact) mass is 366 g/mol. The number of aryl methyl sites for hydroxylation is 1. The van der Waals surface area contributed by atoms with Gasteiger partial charge in [0.25, 0.3) is 0 Å². The maximum Gasteiger partial charge on any atom is 0.383 e. The second kappa shape index (κ2) is 4.30. The van der Waals surface area contributed by atoms with Crippen LogP contribution in [0.15, 0.2) is 19.4 Å². The van der Waals surface area contributed by atoms with Gasteiger partial charge in [-0.2, -0.15) is 0 Å². The van der Waals surface area contributed by atoms with Crippen LogP contribution in [-0.4, -0.2) is 11.1 Å². The van der Waals surface area contributed by atoms with Crippen LogP contribution in [0, 0.1) is 6.92 Å². The summed E-state index contributed by atoms with van der Waals surface area (Å²) in [6, 6.07) is 1.56. The molecule has 0 amide bonds. The normalized spacial score (nSPS) is 10.8. The molecule has 1 heterocycles. The molecule has 0 spiro atoms. The molecule has 0 radical (unpaired) electrons. The zero-order valence-electron chi connectivity index (χ0n) is 8.38. The summed E-state index contributed by atoms with van der Waals surface area (Å²) in [5.74, 6) is -1.25. The van der Waals surface area contributed by atoms with Crippen LogP contribution in [0.4, 0.5) is 4.53 Å². The first kappa shape index (κ1) is 12.4. The molecule has 0 fully saturated rings. The lowest BCUT2D eigenvalue weighted by Crippen LogP contribution is -1.99. The highest BCUT2D eigenvalue weighted by atomic mass is 79.9. The van der Waals surface area contributed by atoms with E-state index in [-0.39, 0.29) is 28.0 Å². The highest BCUT2D eigenvalue weighted by Gasteiger charge is 2.25. The van der Waals surface area contributed by atoms with Crippen molar-refractivity contribution in [3.63, 3.8) is 0 Å². The molecule has 2 rings (SSSR count). The molecule has 7 heteroatoms. The minimum Gasteiger partial charge on any atom is -0.506 e. The molecule has 0 bridgehead atoms. The third-order valence-corrected chi connectivity index (χ3v) is 3.49. The maximum absolute atomic E-state index is 12.0. The number of hydrogen-bond acceptors (Lipinski definition) is 4. The number of aromatic hydroxyl groups is 1. The first-order valence-electron chi connectivity index (χ1n) is 4.40. The summed E-state index contributed by atoms with van der Waals surface area (Å²) < 4.78 is 18.2. The van der Waals surface area contributed by atoms with E-state index in [9.17, 15) is 14.4 Å². The molecule has 0 aliphatic rings. The van der Waals surface area contributed by atoms with Gasteiger partial charge in [-0.3, -0.25) is 0 Å². The number of carbonyl (C=O) groups is 1. The predicted octanol–water partition coefficient (Wildman–Crippen LogP) is 4.01. The van der Waals surface area contributed by atoms with E-state index in [1.54, 1.807) is 6.07 Å². The van der Waals surface area contributed by atoms with Crippen LogP contribution in [0.25, 0.3) is 11.0 Å². The van der Waals surface area contributed by atoms with Crippen molar-refractivity contribution in [2.75, 3.05) is 0 Å². The third kappa shape index (κ3) is 1.83. The summed E-state index contributed by atoms with van der Waals surface area (Å²) in [5.41, 5.74) is 0.116. The van der Waals surface area contributed by atoms with Gasteiger partial charge in [-0.05, 0) is 44.8 Å². The summed E-state index contributed by atoms with van der Waals surface area (Å²) in [5, 5.41) is 9.97. The molecule has 90 valence electrons. The van der Waals surface area contributed by atoms with Gasteiger partial charge in [-0.15, -0.1) is 0 Å². The molecule has 0 unspecified atom stereocenters. The van der Waals surface area contributed by atoms with Crippen LogP contribution in [-0.2, 0) is 4.94 Å². The van der Waals surface area contributed by atoms with E-state index in [2.05, 4.69) is 36.8 Å². The summed E-state index contributed by atoms with van der Waals surface area (Å²) in [6.45, 7) is 1.48. The molecule has 1 N–H and O–H groups in total. The van der Waals surface area contributed by atoms with Gasteiger partial charge in [0.15, 0.2) is 5.58 Å². The lowest BCUT2D eigenvalue weighted by atomic mass is 10.1. The average molecular weight is 368 g/mol. The van der Waals surface area contributed by atoms with E-state index in [1.165, 1.54) is 6.92 Å². The smallest absolute Gasteiger partial charge is 0.383 e. The Morgan fingerprint density at radius 1 is 1.47 bits per heavy atom. The summed E-state index contributed by atoms with van der Waals surface area (Å²) in [7, 11) is 0. The van der Waals surface area contributed by atoms with Crippen molar-refractivity contribution in [1.29, 1.82) is 0 Å². The lowest BCUT2D eigenvalue weighted by molar-refractivity contribution is -0.0787. The van der Waals surface area contributed by atoms with Crippen molar-refractivity contribution in [2.45, 2.75) is 6.92 Å². The quantitative estimate of drug-likeness (QED) is 0.827. The second-order valence-electron chi connectivity index (χ2n) is 3.29. The van der Waals surface area contributed by atoms with Gasteiger partial charge in [-0.1, -0.05) is 0 Å². The SMILES string of the molecule is Cc1oc2c(Br)cc(Br)c(O)c2c1C(=O)OF. The van der Waals surface area contributed by atoms with Crippen LogP contribution >= 0.6 is 31.9 Å². The Bertz CT molecular complexity index is 621. The number of carbonyl (C=O) groups excluding carboxylic acids is 1. The molecule has 1 aromatic carbocycles. The Morgan fingerprint density at radius 2 is 2.12 bits per heavy atom. The van der Waals surface area contributed by atoms with Crippen LogP contribution in [0.2, 0.25) is 0 Å². The van der Waals surface area contributed by atoms with Crippen LogP contribution in [0.3, 0.4) is 0 Å². The second-order valence-corrected chi connectivity index (χ2v) is 5.00. The largest absolute Gasteiger partial charge is 0.506 e. The van der Waals surface area contributed by atoms with Gasteiger partial charge < -0.3 is 9.52 Å². The molecule has 0 atom stereocenters. The van der Waals surface area contributed by atoms with Crippen LogP contribution in [0.1, 0.15) is 16.1 Å². The Morgan fingerprint density at radius 3 is 2.71 bits per heavy atom. The zero-order valence-corrected chi connectivity index (χ0v) is 11.6. The molecule has 17 heavy (non-hydrogen) atoms. The number of phenols is 1. The molecular weight excluding hydrogens is 363 g/mol. The van der Waals surface area contributed by atoms with E-state index in [4.69, 9.17) is 4.42 Å². The van der Waals surface area contributed by atoms with Gasteiger partial charge in [0.2, 0.25) is 0 Å². The number of phenolic OH excluding ortho intramolecular Hbond substituents is 1. The molecule has 0 saturated heterocycles. The fourth-order valence-corrected chi connectivity index (χ4v) is 2.83. The molecule has 0 saturated carbocycles. The summed E-state index contributed by atoms with van der Waals surface area (Å²) >= 11 is 6.33. The standard InChI is InChI=1S/C10H5Br2FO4/c1-3-6(10(15)17-13)7-8(14)4(11)2-5(12)9(7)16-3/h2,14H,1H3. The van der Waals surface area contributed by atoms with Crippen molar-refractivity contribution in [3.8, 4) is 5.75 Å². The number of furan rings is 1. The van der Waals surface area contributed by atoms with Crippen LogP contribution in [0.5, 0.6) is 5.75 Å². The minimum atomic E-state index is -1.21. The minimum absolute atomic E-state index is 0.103. The maximum atomic E-state index is 12.0. The zero-order chi connectivity index (χ0) is 12.7. The van der Waals surface area contributed by atoms with E-state index in [0.29, 0.717) is 8.95 Å². The van der Waals surface area contributed by atoms with Gasteiger partial charge in [0, 0.05) is 4.53 Å². The fourth-order valence-electron chi connectivity index (χ4n) is 1.59. The first-order chi connectivity index (χ1) is 7.97. The lowest BCUT2D eigenvalue weighted by Gasteiger charge is -2.01. The van der Waals surface area contributed by atoms with Crippen molar-refractivity contribution in [3.05, 3.63) is 26.3 Å². The number of fused-ring (bicyclic) bond motifs is 1. The number of hydrogen-bond donors (Lipinski definition) is 1. The fraction of sp³-hybridized carbons (Fsp3) is 0.100. The molecule has 4 nitrogen and oxygen atoms in total. The predicted molar refractivity (Wildman–Crippen MR) is 64.5 cm³/mol. The number of rotatable bonds is 1. The van der Waals surface area contributed by atoms with Crippen molar-refractivity contribution < 1.29 is 23.8 Å². The van der Waals surface area contributed by atoms with E-state index < -0.39 is 5.97 Å². The highest BCUT2D eigenvalue weighted by Crippen LogP contribution is 2.42. The average Bonchev–Trinajstić information content (AvgIpc) is 2.63. The van der Waals surface area contributed by atoms with Gasteiger partial charge in [0.1, 0.15) is 17.1 Å². The Labute approximate surface area is 112 Å².